The maximum atomic E-state index is 13.1. The van der Waals surface area contributed by atoms with Gasteiger partial charge in [0, 0.05) is 12.6 Å². The van der Waals surface area contributed by atoms with Gasteiger partial charge in [-0.15, -0.1) is 0 Å². The Kier molecular flexibility index (Phi) is 4.20. The molecule has 0 saturated heterocycles. The van der Waals surface area contributed by atoms with Gasteiger partial charge in [0.2, 0.25) is 0 Å². The number of thiazole rings is 1. The van der Waals surface area contributed by atoms with Gasteiger partial charge in [0.1, 0.15) is 5.82 Å². The van der Waals surface area contributed by atoms with Gasteiger partial charge in [0.05, 0.1) is 10.2 Å². The van der Waals surface area contributed by atoms with Gasteiger partial charge < -0.3 is 5.32 Å². The molecule has 2 nitrogen and oxygen atoms in total. The second kappa shape index (κ2) is 6.08. The van der Waals surface area contributed by atoms with Crippen molar-refractivity contribution in [2.24, 2.45) is 11.8 Å². The van der Waals surface area contributed by atoms with Gasteiger partial charge in [-0.1, -0.05) is 37.5 Å². The number of hydrogen-bond donors (Lipinski definition) is 1. The molecule has 3 rings (SSSR count). The molecule has 20 heavy (non-hydrogen) atoms. The Hall–Kier alpha value is -1.16. The van der Waals surface area contributed by atoms with Crippen LogP contribution in [0.1, 0.15) is 39.0 Å². The second-order valence-corrected chi connectivity index (χ2v) is 7.01. The minimum absolute atomic E-state index is 0.217. The molecule has 1 aromatic carbocycles. The van der Waals surface area contributed by atoms with Crippen molar-refractivity contribution in [3.63, 3.8) is 0 Å². The van der Waals surface area contributed by atoms with Crippen molar-refractivity contribution < 1.29 is 4.39 Å². The van der Waals surface area contributed by atoms with Crippen LogP contribution in [0.15, 0.2) is 18.2 Å². The van der Waals surface area contributed by atoms with Gasteiger partial charge in [-0.3, -0.25) is 0 Å². The number of nitrogens with one attached hydrogen (secondary N) is 1. The standard InChI is InChI=1S/C16H21FN2S/c1-11-3-2-4-12(9-11)7-8-18-16-19-14-10-13(17)5-6-15(14)20-16/h5-6,10-12H,2-4,7-9H2,1H3,(H,18,19). The average molecular weight is 292 g/mol. The number of anilines is 1. The third kappa shape index (κ3) is 3.29. The molecule has 2 atom stereocenters. The number of hydrogen-bond acceptors (Lipinski definition) is 3. The zero-order valence-corrected chi connectivity index (χ0v) is 12.7. The van der Waals surface area contributed by atoms with E-state index in [4.69, 9.17) is 0 Å². The van der Waals surface area contributed by atoms with E-state index in [1.165, 1.54) is 44.2 Å². The van der Waals surface area contributed by atoms with Crippen LogP contribution in [0.25, 0.3) is 10.2 Å². The van der Waals surface area contributed by atoms with Gasteiger partial charge in [0.25, 0.3) is 0 Å². The number of fused-ring (bicyclic) bond motifs is 1. The van der Waals surface area contributed by atoms with E-state index in [9.17, 15) is 4.39 Å². The summed E-state index contributed by atoms with van der Waals surface area (Å²) in [5.74, 6) is 1.53. The summed E-state index contributed by atoms with van der Waals surface area (Å²) >= 11 is 1.60. The van der Waals surface area contributed by atoms with Crippen LogP contribution in [0.5, 0.6) is 0 Å². The fourth-order valence-electron chi connectivity index (χ4n) is 3.18. The van der Waals surface area contributed by atoms with Crippen LogP contribution in [0, 0.1) is 17.7 Å². The molecule has 1 heterocycles. The molecule has 1 aliphatic rings. The lowest BCUT2D eigenvalue weighted by Gasteiger charge is -2.26. The highest BCUT2D eigenvalue weighted by molar-refractivity contribution is 7.22. The summed E-state index contributed by atoms with van der Waals surface area (Å²) in [5.41, 5.74) is 0.754. The molecule has 2 unspecified atom stereocenters. The fourth-order valence-corrected chi connectivity index (χ4v) is 4.05. The van der Waals surface area contributed by atoms with Gasteiger partial charge in [0.15, 0.2) is 5.13 Å². The summed E-state index contributed by atoms with van der Waals surface area (Å²) < 4.78 is 14.2. The lowest BCUT2D eigenvalue weighted by Crippen LogP contribution is -2.16. The second-order valence-electron chi connectivity index (χ2n) is 5.98. The lowest BCUT2D eigenvalue weighted by atomic mass is 9.81. The molecule has 1 aliphatic carbocycles. The minimum Gasteiger partial charge on any atom is -0.361 e. The Bertz CT molecular complexity index is 581. The van der Waals surface area contributed by atoms with Crippen molar-refractivity contribution in [1.82, 2.24) is 4.98 Å². The van der Waals surface area contributed by atoms with E-state index >= 15 is 0 Å². The van der Waals surface area contributed by atoms with Crippen molar-refractivity contribution in [2.75, 3.05) is 11.9 Å². The van der Waals surface area contributed by atoms with Crippen LogP contribution in [0.2, 0.25) is 0 Å². The van der Waals surface area contributed by atoms with Crippen molar-refractivity contribution in [3.8, 4) is 0 Å². The van der Waals surface area contributed by atoms with Crippen molar-refractivity contribution >= 4 is 26.7 Å². The Labute approximate surface area is 123 Å². The molecule has 108 valence electrons. The zero-order valence-electron chi connectivity index (χ0n) is 11.9. The van der Waals surface area contributed by atoms with Crippen molar-refractivity contribution in [3.05, 3.63) is 24.0 Å². The molecule has 0 aliphatic heterocycles. The smallest absolute Gasteiger partial charge is 0.183 e. The molecule has 1 aromatic heterocycles. The average Bonchev–Trinajstić information content (AvgIpc) is 2.80. The largest absolute Gasteiger partial charge is 0.361 e. The highest BCUT2D eigenvalue weighted by Crippen LogP contribution is 2.31. The molecular weight excluding hydrogens is 271 g/mol. The first kappa shape index (κ1) is 13.8. The first-order valence-electron chi connectivity index (χ1n) is 7.50. The molecule has 0 bridgehead atoms. The van der Waals surface area contributed by atoms with E-state index in [0.29, 0.717) is 0 Å². The predicted octanol–water partition coefficient (Wildman–Crippen LogP) is 5.06. The molecule has 0 radical (unpaired) electrons. The molecule has 4 heteroatoms. The Morgan fingerprint density at radius 2 is 2.30 bits per heavy atom. The zero-order chi connectivity index (χ0) is 13.9. The van der Waals surface area contributed by atoms with Crippen LogP contribution in [-0.2, 0) is 0 Å². The maximum Gasteiger partial charge on any atom is 0.183 e. The quantitative estimate of drug-likeness (QED) is 0.851. The summed E-state index contributed by atoms with van der Waals surface area (Å²) in [6.07, 6.45) is 6.73. The number of benzene rings is 1. The summed E-state index contributed by atoms with van der Waals surface area (Å²) in [6, 6.07) is 4.80. The summed E-state index contributed by atoms with van der Waals surface area (Å²) in [5, 5.41) is 4.31. The van der Waals surface area contributed by atoms with E-state index < -0.39 is 0 Å². The monoisotopic (exact) mass is 292 g/mol. The molecule has 2 aromatic rings. The number of halogens is 1. The molecule has 1 fully saturated rings. The Morgan fingerprint density at radius 3 is 3.15 bits per heavy atom. The normalized spacial score (nSPS) is 23.1. The Morgan fingerprint density at radius 1 is 1.40 bits per heavy atom. The summed E-state index contributed by atoms with van der Waals surface area (Å²) in [6.45, 7) is 3.33. The molecule has 1 saturated carbocycles. The number of rotatable bonds is 4. The third-order valence-corrected chi connectivity index (χ3v) is 5.22. The predicted molar refractivity (Wildman–Crippen MR) is 83.8 cm³/mol. The molecule has 0 spiro atoms. The van der Waals surface area contributed by atoms with Crippen LogP contribution in [0.4, 0.5) is 9.52 Å². The van der Waals surface area contributed by atoms with E-state index in [1.807, 2.05) is 0 Å². The van der Waals surface area contributed by atoms with Crippen LogP contribution < -0.4 is 5.32 Å². The maximum absolute atomic E-state index is 13.1. The third-order valence-electron chi connectivity index (χ3n) is 4.22. The van der Waals surface area contributed by atoms with Crippen LogP contribution >= 0.6 is 11.3 Å². The molecule has 0 amide bonds. The topological polar surface area (TPSA) is 24.9 Å². The highest BCUT2D eigenvalue weighted by Gasteiger charge is 2.18. The van der Waals surface area contributed by atoms with Gasteiger partial charge >= 0.3 is 0 Å². The van der Waals surface area contributed by atoms with E-state index in [2.05, 4.69) is 17.2 Å². The van der Waals surface area contributed by atoms with E-state index in [-0.39, 0.29) is 5.82 Å². The van der Waals surface area contributed by atoms with Gasteiger partial charge in [-0.2, -0.15) is 0 Å². The molecule has 1 N–H and O–H groups in total. The van der Waals surface area contributed by atoms with Crippen molar-refractivity contribution in [1.29, 1.82) is 0 Å². The molecular formula is C16H21FN2S. The SMILES string of the molecule is CC1CCCC(CCNc2nc3cc(F)ccc3s2)C1. The fraction of sp³-hybridized carbons (Fsp3) is 0.562. The highest BCUT2D eigenvalue weighted by atomic mass is 32.1. The number of aromatic nitrogens is 1. The van der Waals surface area contributed by atoms with Gasteiger partial charge in [-0.25, -0.2) is 9.37 Å². The lowest BCUT2D eigenvalue weighted by molar-refractivity contribution is 0.274. The first-order chi connectivity index (χ1) is 9.70. The summed E-state index contributed by atoms with van der Waals surface area (Å²) in [4.78, 5) is 4.44. The van der Waals surface area contributed by atoms with Gasteiger partial charge in [-0.05, 0) is 36.8 Å². The number of nitrogens with zero attached hydrogens (tertiary/aromatic N) is 1. The first-order valence-corrected chi connectivity index (χ1v) is 8.32. The summed E-state index contributed by atoms with van der Waals surface area (Å²) in [7, 11) is 0. The van der Waals surface area contributed by atoms with E-state index in [1.54, 1.807) is 17.4 Å². The van der Waals surface area contributed by atoms with Crippen LogP contribution in [-0.4, -0.2) is 11.5 Å². The Balaban J connectivity index is 1.54. The van der Waals surface area contributed by atoms with E-state index in [0.717, 1.165) is 33.7 Å². The van der Waals surface area contributed by atoms with Crippen molar-refractivity contribution in [2.45, 2.75) is 39.0 Å². The minimum atomic E-state index is -0.217. The van der Waals surface area contributed by atoms with Crippen LogP contribution in [0.3, 0.4) is 0 Å².